The summed E-state index contributed by atoms with van der Waals surface area (Å²) in [5.74, 6) is -0.463. The number of halogens is 1. The van der Waals surface area contributed by atoms with E-state index >= 15 is 0 Å². The van der Waals surface area contributed by atoms with Crippen molar-refractivity contribution >= 4 is 24.1 Å². The molecule has 0 bridgehead atoms. The quantitative estimate of drug-likeness (QED) is 0.606. The van der Waals surface area contributed by atoms with Crippen molar-refractivity contribution in [3.8, 4) is 0 Å². The van der Waals surface area contributed by atoms with Crippen LogP contribution in [-0.4, -0.2) is 13.1 Å². The first-order valence-electron chi connectivity index (χ1n) is 4.08. The molecule has 4 heteroatoms. The van der Waals surface area contributed by atoms with E-state index in [0.717, 1.165) is 5.56 Å². The van der Waals surface area contributed by atoms with Crippen molar-refractivity contribution in [2.75, 3.05) is 12.8 Å². The van der Waals surface area contributed by atoms with E-state index in [9.17, 15) is 4.79 Å². The predicted octanol–water partition coefficient (Wildman–Crippen LogP) is 1.97. The van der Waals surface area contributed by atoms with Crippen LogP contribution in [0.5, 0.6) is 0 Å². The molecule has 0 aliphatic rings. The summed E-state index contributed by atoms with van der Waals surface area (Å²) < 4.78 is 4.63. The van der Waals surface area contributed by atoms with Crippen LogP contribution in [-0.2, 0) is 9.53 Å². The third kappa shape index (κ3) is 2.92. The molecule has 1 unspecified atom stereocenters. The van der Waals surface area contributed by atoms with Gasteiger partial charge in [-0.2, -0.15) is 0 Å². The minimum Gasteiger partial charge on any atom is -0.469 e. The SMILES string of the molecule is COC(=O)C(C)c1ccc(N)cc1.Cl. The number of nitrogen functional groups attached to an aromatic ring is 1. The Kier molecular flexibility index (Phi) is 5.02. The molecule has 0 saturated carbocycles. The number of esters is 1. The van der Waals surface area contributed by atoms with Crippen LogP contribution in [0.15, 0.2) is 24.3 Å². The molecule has 0 radical (unpaired) electrons. The largest absolute Gasteiger partial charge is 0.469 e. The third-order valence-corrected chi connectivity index (χ3v) is 1.99. The molecule has 0 aromatic heterocycles. The van der Waals surface area contributed by atoms with Gasteiger partial charge in [-0.15, -0.1) is 12.4 Å². The van der Waals surface area contributed by atoms with E-state index < -0.39 is 0 Å². The summed E-state index contributed by atoms with van der Waals surface area (Å²) in [5.41, 5.74) is 7.13. The highest BCUT2D eigenvalue weighted by Gasteiger charge is 2.14. The number of benzene rings is 1. The number of anilines is 1. The zero-order valence-electron chi connectivity index (χ0n) is 8.19. The van der Waals surface area contributed by atoms with Crippen LogP contribution in [0.4, 0.5) is 5.69 Å². The Morgan fingerprint density at radius 3 is 2.29 bits per heavy atom. The minimum atomic E-state index is -0.232. The van der Waals surface area contributed by atoms with Gasteiger partial charge in [0, 0.05) is 5.69 Å². The summed E-state index contributed by atoms with van der Waals surface area (Å²) in [7, 11) is 1.39. The fourth-order valence-corrected chi connectivity index (χ4v) is 1.10. The van der Waals surface area contributed by atoms with E-state index in [1.54, 1.807) is 19.1 Å². The molecule has 0 aliphatic carbocycles. The van der Waals surface area contributed by atoms with Gasteiger partial charge >= 0.3 is 5.97 Å². The molecule has 0 amide bonds. The van der Waals surface area contributed by atoms with Crippen molar-refractivity contribution < 1.29 is 9.53 Å². The molecule has 3 nitrogen and oxygen atoms in total. The average Bonchev–Trinajstić information content (AvgIpc) is 2.17. The molecule has 1 aromatic rings. The molecule has 0 spiro atoms. The van der Waals surface area contributed by atoms with Crippen molar-refractivity contribution in [2.45, 2.75) is 12.8 Å². The second kappa shape index (κ2) is 5.50. The summed E-state index contributed by atoms with van der Waals surface area (Å²) in [4.78, 5) is 11.1. The number of carbonyl (C=O) groups excluding carboxylic acids is 1. The van der Waals surface area contributed by atoms with Gasteiger partial charge < -0.3 is 10.5 Å². The highest BCUT2D eigenvalue weighted by Crippen LogP contribution is 2.17. The Bertz CT molecular complexity index is 297. The van der Waals surface area contributed by atoms with E-state index in [4.69, 9.17) is 5.73 Å². The van der Waals surface area contributed by atoms with Crippen LogP contribution in [0.25, 0.3) is 0 Å². The molecule has 0 aliphatic heterocycles. The smallest absolute Gasteiger partial charge is 0.312 e. The van der Waals surface area contributed by atoms with E-state index in [1.165, 1.54) is 7.11 Å². The lowest BCUT2D eigenvalue weighted by Crippen LogP contribution is -2.10. The highest BCUT2D eigenvalue weighted by atomic mass is 35.5. The summed E-state index contributed by atoms with van der Waals surface area (Å²) in [6.45, 7) is 1.80. The van der Waals surface area contributed by atoms with Gasteiger partial charge in [-0.1, -0.05) is 12.1 Å². The van der Waals surface area contributed by atoms with Crippen molar-refractivity contribution in [2.24, 2.45) is 0 Å². The summed E-state index contributed by atoms with van der Waals surface area (Å²) in [6.07, 6.45) is 0. The fraction of sp³-hybridized carbons (Fsp3) is 0.300. The summed E-state index contributed by atoms with van der Waals surface area (Å²) in [5, 5.41) is 0. The first-order chi connectivity index (χ1) is 6.15. The predicted molar refractivity (Wildman–Crippen MR) is 58.5 cm³/mol. The van der Waals surface area contributed by atoms with Crippen LogP contribution in [0.2, 0.25) is 0 Å². The maximum Gasteiger partial charge on any atom is 0.312 e. The average molecular weight is 216 g/mol. The first-order valence-corrected chi connectivity index (χ1v) is 4.08. The normalized spacial score (nSPS) is 11.3. The van der Waals surface area contributed by atoms with E-state index in [2.05, 4.69) is 4.74 Å². The van der Waals surface area contributed by atoms with Crippen molar-refractivity contribution in [1.82, 2.24) is 0 Å². The number of ether oxygens (including phenoxy) is 1. The molecule has 0 fully saturated rings. The van der Waals surface area contributed by atoms with Gasteiger partial charge in [0.25, 0.3) is 0 Å². The molecule has 1 aromatic carbocycles. The van der Waals surface area contributed by atoms with E-state index in [-0.39, 0.29) is 24.3 Å². The lowest BCUT2D eigenvalue weighted by Gasteiger charge is -2.08. The number of hydrogen-bond donors (Lipinski definition) is 1. The third-order valence-electron chi connectivity index (χ3n) is 1.99. The molecule has 1 rings (SSSR count). The van der Waals surface area contributed by atoms with E-state index in [0.29, 0.717) is 5.69 Å². The maximum atomic E-state index is 11.1. The summed E-state index contributed by atoms with van der Waals surface area (Å²) in [6, 6.07) is 7.21. The maximum absolute atomic E-state index is 11.1. The zero-order valence-corrected chi connectivity index (χ0v) is 9.01. The van der Waals surface area contributed by atoms with Gasteiger partial charge in [-0.3, -0.25) is 4.79 Å². The molecular formula is C10H14ClNO2. The number of methoxy groups -OCH3 is 1. The van der Waals surface area contributed by atoms with Gasteiger partial charge in [-0.05, 0) is 24.6 Å². The van der Waals surface area contributed by atoms with Gasteiger partial charge in [0.2, 0.25) is 0 Å². The zero-order chi connectivity index (χ0) is 9.84. The van der Waals surface area contributed by atoms with Crippen molar-refractivity contribution in [3.05, 3.63) is 29.8 Å². The molecule has 14 heavy (non-hydrogen) atoms. The Hall–Kier alpha value is -1.22. The molecule has 0 heterocycles. The molecule has 2 N–H and O–H groups in total. The van der Waals surface area contributed by atoms with Crippen molar-refractivity contribution in [1.29, 1.82) is 0 Å². The Morgan fingerprint density at radius 1 is 1.36 bits per heavy atom. The second-order valence-electron chi connectivity index (χ2n) is 2.91. The van der Waals surface area contributed by atoms with Gasteiger partial charge in [-0.25, -0.2) is 0 Å². The first kappa shape index (κ1) is 12.8. The topological polar surface area (TPSA) is 52.3 Å². The molecule has 1 atom stereocenters. The molecular weight excluding hydrogens is 202 g/mol. The number of nitrogens with two attached hydrogens (primary N) is 1. The second-order valence-corrected chi connectivity index (χ2v) is 2.91. The Labute approximate surface area is 89.7 Å². The monoisotopic (exact) mass is 215 g/mol. The lowest BCUT2D eigenvalue weighted by molar-refractivity contribution is -0.141. The molecule has 78 valence electrons. The lowest BCUT2D eigenvalue weighted by atomic mass is 10.0. The van der Waals surface area contributed by atoms with Crippen LogP contribution < -0.4 is 5.73 Å². The van der Waals surface area contributed by atoms with Crippen LogP contribution in [0, 0.1) is 0 Å². The van der Waals surface area contributed by atoms with Crippen LogP contribution >= 0.6 is 12.4 Å². The van der Waals surface area contributed by atoms with Gasteiger partial charge in [0.1, 0.15) is 0 Å². The Balaban J connectivity index is 0.00000169. The van der Waals surface area contributed by atoms with Gasteiger partial charge in [0.15, 0.2) is 0 Å². The highest BCUT2D eigenvalue weighted by molar-refractivity contribution is 5.85. The number of hydrogen-bond acceptors (Lipinski definition) is 3. The van der Waals surface area contributed by atoms with E-state index in [1.807, 2.05) is 12.1 Å². The van der Waals surface area contributed by atoms with Crippen LogP contribution in [0.1, 0.15) is 18.4 Å². The minimum absolute atomic E-state index is 0. The Morgan fingerprint density at radius 2 is 1.86 bits per heavy atom. The summed E-state index contributed by atoms with van der Waals surface area (Å²) >= 11 is 0. The molecule has 0 saturated heterocycles. The standard InChI is InChI=1S/C10H13NO2.ClH/c1-7(10(12)13-2)8-3-5-9(11)6-4-8;/h3-7H,11H2,1-2H3;1H. The number of rotatable bonds is 2. The van der Waals surface area contributed by atoms with Gasteiger partial charge in [0.05, 0.1) is 13.0 Å². The fourth-order valence-electron chi connectivity index (χ4n) is 1.10. The van der Waals surface area contributed by atoms with Crippen LogP contribution in [0.3, 0.4) is 0 Å². The van der Waals surface area contributed by atoms with Crippen molar-refractivity contribution in [3.63, 3.8) is 0 Å². The number of carbonyl (C=O) groups is 1.